The number of nitrogens with zero attached hydrogens (tertiary/aromatic N) is 2. The molecule has 0 saturated carbocycles. The molecule has 0 bridgehead atoms. The lowest BCUT2D eigenvalue weighted by atomic mass is 10.0. The third-order valence-corrected chi connectivity index (χ3v) is 6.98. The molecule has 1 amide bonds. The van der Waals surface area contributed by atoms with E-state index >= 15 is 0 Å². The first-order valence-electron chi connectivity index (χ1n) is 8.79. The fraction of sp³-hybridized carbons (Fsp3) is 0.444. The number of carbonyl (C=O) groups excluding carboxylic acids is 1. The number of hydrogen-bond donors (Lipinski definition) is 2. The number of amides is 1. The highest BCUT2D eigenvalue weighted by Crippen LogP contribution is 2.25. The molecule has 27 heavy (non-hydrogen) atoms. The van der Waals surface area contributed by atoms with Gasteiger partial charge in [-0.1, -0.05) is 11.6 Å². The second-order valence-electron chi connectivity index (χ2n) is 7.07. The Kier molecular flexibility index (Phi) is 5.76. The predicted octanol–water partition coefficient (Wildman–Crippen LogP) is 2.42. The highest BCUT2D eigenvalue weighted by Gasteiger charge is 2.29. The lowest BCUT2D eigenvalue weighted by Crippen LogP contribution is -2.33. The molecule has 0 radical (unpaired) electrons. The molecular formula is C18H23ClN4O3S. The minimum Gasteiger partial charge on any atom is -0.399 e. The van der Waals surface area contributed by atoms with Crippen molar-refractivity contribution in [2.45, 2.75) is 26.3 Å². The molecule has 0 spiro atoms. The second kappa shape index (κ2) is 7.90. The molecule has 7 nitrogen and oxygen atoms in total. The van der Waals surface area contributed by atoms with Gasteiger partial charge < -0.3 is 10.6 Å². The summed E-state index contributed by atoms with van der Waals surface area (Å²) >= 11 is 6.27. The minimum atomic E-state index is -2.94. The summed E-state index contributed by atoms with van der Waals surface area (Å²) in [6.45, 7) is 2.54. The van der Waals surface area contributed by atoms with E-state index in [0.717, 1.165) is 11.3 Å². The third kappa shape index (κ3) is 5.01. The predicted molar refractivity (Wildman–Crippen MR) is 105 cm³/mol. The van der Waals surface area contributed by atoms with Crippen molar-refractivity contribution in [1.29, 1.82) is 0 Å². The van der Waals surface area contributed by atoms with Crippen LogP contribution >= 0.6 is 11.6 Å². The zero-order valence-corrected chi connectivity index (χ0v) is 16.7. The summed E-state index contributed by atoms with van der Waals surface area (Å²) in [4.78, 5) is 14.6. The maximum absolute atomic E-state index is 12.9. The Morgan fingerprint density at radius 1 is 1.41 bits per heavy atom. The number of nitrogens with two attached hydrogens (primary N) is 1. The Morgan fingerprint density at radius 3 is 2.81 bits per heavy atom. The molecule has 1 aliphatic rings. The largest absolute Gasteiger partial charge is 0.399 e. The molecule has 2 aromatic rings. The number of rotatable bonds is 6. The van der Waals surface area contributed by atoms with E-state index in [9.17, 15) is 13.2 Å². The molecule has 146 valence electrons. The number of H-pyrrole nitrogens is 1. The van der Waals surface area contributed by atoms with Gasteiger partial charge in [0.1, 0.15) is 5.69 Å². The second-order valence-corrected chi connectivity index (χ2v) is 9.71. The summed E-state index contributed by atoms with van der Waals surface area (Å²) < 4.78 is 23.4. The van der Waals surface area contributed by atoms with Crippen LogP contribution in [-0.4, -0.2) is 47.5 Å². The maximum atomic E-state index is 12.9. The van der Waals surface area contributed by atoms with Gasteiger partial charge in [-0.15, -0.1) is 0 Å². The molecule has 1 unspecified atom stereocenters. The first-order valence-corrected chi connectivity index (χ1v) is 11.0. The zero-order chi connectivity index (χ0) is 19.6. The van der Waals surface area contributed by atoms with Crippen LogP contribution < -0.4 is 5.73 Å². The number of anilines is 1. The van der Waals surface area contributed by atoms with Crippen LogP contribution in [0.2, 0.25) is 5.02 Å². The molecular weight excluding hydrogens is 388 g/mol. The zero-order valence-electron chi connectivity index (χ0n) is 15.1. The number of aromatic nitrogens is 2. The molecule has 3 rings (SSSR count). The summed E-state index contributed by atoms with van der Waals surface area (Å²) in [6, 6.07) is 6.85. The lowest BCUT2D eigenvalue weighted by Gasteiger charge is -2.24. The maximum Gasteiger partial charge on any atom is 0.274 e. The highest BCUT2D eigenvalue weighted by atomic mass is 35.5. The molecule has 1 atom stereocenters. The number of aromatic amines is 1. The normalized spacial score (nSPS) is 18.5. The number of hydrogen-bond acceptors (Lipinski definition) is 5. The number of nitrogens with one attached hydrogen (secondary N) is 1. The van der Waals surface area contributed by atoms with Crippen LogP contribution in [-0.2, 0) is 16.4 Å². The van der Waals surface area contributed by atoms with Gasteiger partial charge in [-0.3, -0.25) is 9.89 Å². The molecule has 0 aliphatic carbocycles. The van der Waals surface area contributed by atoms with Gasteiger partial charge in [0.25, 0.3) is 5.91 Å². The summed E-state index contributed by atoms with van der Waals surface area (Å²) in [5.74, 6) is 0.266. The minimum absolute atomic E-state index is 0.0718. The van der Waals surface area contributed by atoms with E-state index < -0.39 is 9.84 Å². The number of halogens is 1. The Balaban J connectivity index is 1.77. The molecule has 1 saturated heterocycles. The molecule has 3 N–H and O–H groups in total. The van der Waals surface area contributed by atoms with Crippen molar-refractivity contribution in [2.75, 3.05) is 23.8 Å². The number of aryl methyl sites for hydroxylation is 1. The van der Waals surface area contributed by atoms with E-state index in [1.807, 2.05) is 6.92 Å². The molecule has 9 heteroatoms. The number of benzene rings is 1. The Hall–Kier alpha value is -2.06. The summed E-state index contributed by atoms with van der Waals surface area (Å²) in [5, 5.41) is 7.36. The lowest BCUT2D eigenvalue weighted by molar-refractivity contribution is 0.0728. The van der Waals surface area contributed by atoms with Crippen LogP contribution in [0.3, 0.4) is 0 Å². The summed E-state index contributed by atoms with van der Waals surface area (Å²) in [7, 11) is -2.94. The van der Waals surface area contributed by atoms with E-state index in [4.69, 9.17) is 17.3 Å². The van der Waals surface area contributed by atoms with E-state index in [1.165, 1.54) is 0 Å². The number of nitrogen functional groups attached to an aromatic ring is 1. The van der Waals surface area contributed by atoms with Gasteiger partial charge in [-0.2, -0.15) is 5.10 Å². The van der Waals surface area contributed by atoms with Crippen LogP contribution in [0, 0.1) is 12.8 Å². The van der Waals surface area contributed by atoms with Gasteiger partial charge in [-0.05, 0) is 55.5 Å². The monoisotopic (exact) mass is 410 g/mol. The van der Waals surface area contributed by atoms with Crippen molar-refractivity contribution >= 4 is 33.0 Å². The number of sulfone groups is 1. The number of carbonyl (C=O) groups is 1. The summed E-state index contributed by atoms with van der Waals surface area (Å²) in [5.41, 5.74) is 8.29. The van der Waals surface area contributed by atoms with Crippen LogP contribution in [0.1, 0.15) is 34.6 Å². The van der Waals surface area contributed by atoms with Crippen molar-refractivity contribution in [3.05, 3.63) is 46.2 Å². The Labute approximate surface area is 163 Å². The van der Waals surface area contributed by atoms with Crippen LogP contribution in [0.5, 0.6) is 0 Å². The van der Waals surface area contributed by atoms with Gasteiger partial charge >= 0.3 is 0 Å². The van der Waals surface area contributed by atoms with Crippen LogP contribution in [0.25, 0.3) is 0 Å². The summed E-state index contributed by atoms with van der Waals surface area (Å²) in [6.07, 6.45) is 1.26. The molecule has 1 aliphatic heterocycles. The molecule has 2 heterocycles. The van der Waals surface area contributed by atoms with Crippen molar-refractivity contribution in [2.24, 2.45) is 5.92 Å². The van der Waals surface area contributed by atoms with Crippen molar-refractivity contribution < 1.29 is 13.2 Å². The fourth-order valence-electron chi connectivity index (χ4n) is 3.30. The van der Waals surface area contributed by atoms with E-state index in [-0.39, 0.29) is 29.9 Å². The standard InChI is InChI=1S/C18H23ClN4O3S/c1-12-8-17(22-21-12)18(24)23(6-4-13-5-7-27(25,26)11-13)10-14-9-15(20)2-3-16(14)19/h2-3,8-9,13H,4-7,10-11,20H2,1H3,(H,21,22). The molecule has 1 aromatic carbocycles. The van der Waals surface area contributed by atoms with Gasteiger partial charge in [0, 0.05) is 29.5 Å². The smallest absolute Gasteiger partial charge is 0.274 e. The first kappa shape index (κ1) is 19.7. The van der Waals surface area contributed by atoms with Crippen molar-refractivity contribution in [1.82, 2.24) is 15.1 Å². The van der Waals surface area contributed by atoms with E-state index in [0.29, 0.717) is 35.8 Å². The topological polar surface area (TPSA) is 109 Å². The average molecular weight is 411 g/mol. The first-order chi connectivity index (χ1) is 12.7. The van der Waals surface area contributed by atoms with Gasteiger partial charge in [0.05, 0.1) is 11.5 Å². The van der Waals surface area contributed by atoms with Crippen molar-refractivity contribution in [3.63, 3.8) is 0 Å². The average Bonchev–Trinajstić information content (AvgIpc) is 3.19. The molecule has 1 fully saturated rings. The van der Waals surface area contributed by atoms with Crippen LogP contribution in [0.4, 0.5) is 5.69 Å². The quantitative estimate of drug-likeness (QED) is 0.710. The van der Waals surface area contributed by atoms with Gasteiger partial charge in [0.2, 0.25) is 0 Å². The van der Waals surface area contributed by atoms with Gasteiger partial charge in [-0.25, -0.2) is 8.42 Å². The van der Waals surface area contributed by atoms with Crippen LogP contribution in [0.15, 0.2) is 24.3 Å². The van der Waals surface area contributed by atoms with Gasteiger partial charge in [0.15, 0.2) is 9.84 Å². The molecule has 1 aromatic heterocycles. The fourth-order valence-corrected chi connectivity index (χ4v) is 5.39. The van der Waals surface area contributed by atoms with Crippen molar-refractivity contribution in [3.8, 4) is 0 Å². The van der Waals surface area contributed by atoms with E-state index in [1.54, 1.807) is 29.2 Å². The Morgan fingerprint density at radius 2 is 2.19 bits per heavy atom. The highest BCUT2D eigenvalue weighted by molar-refractivity contribution is 7.91. The third-order valence-electron chi connectivity index (χ3n) is 4.78. The van der Waals surface area contributed by atoms with E-state index in [2.05, 4.69) is 10.2 Å². The SMILES string of the molecule is Cc1cc(C(=O)N(CCC2CCS(=O)(=O)C2)Cc2cc(N)ccc2Cl)n[nH]1. The Bertz CT molecular complexity index is 942.